The Kier molecular flexibility index (Phi) is 8.41. The molecular formula is C23H27N3O5. The van der Waals surface area contributed by atoms with Crippen LogP contribution in [-0.2, 0) is 25.6 Å². The molecule has 0 spiro atoms. The predicted octanol–water partition coefficient (Wildman–Crippen LogP) is 3.24. The van der Waals surface area contributed by atoms with Crippen LogP contribution in [0.25, 0.3) is 6.08 Å². The van der Waals surface area contributed by atoms with E-state index < -0.39 is 18.0 Å². The van der Waals surface area contributed by atoms with Crippen molar-refractivity contribution in [1.29, 1.82) is 5.26 Å². The van der Waals surface area contributed by atoms with Crippen LogP contribution in [-0.4, -0.2) is 43.4 Å². The number of esters is 1. The minimum atomic E-state index is -1.11. The first kappa shape index (κ1) is 23.7. The Balaban J connectivity index is 2.12. The summed E-state index contributed by atoms with van der Waals surface area (Å²) in [5.74, 6) is -0.921. The summed E-state index contributed by atoms with van der Waals surface area (Å²) in [4.78, 5) is 24.9. The first-order valence-corrected chi connectivity index (χ1v) is 9.74. The van der Waals surface area contributed by atoms with Gasteiger partial charge in [-0.1, -0.05) is 12.1 Å². The van der Waals surface area contributed by atoms with Gasteiger partial charge in [0.15, 0.2) is 6.10 Å². The van der Waals surface area contributed by atoms with Gasteiger partial charge in [0.05, 0.1) is 19.4 Å². The number of aromatic nitrogens is 1. The Hall–Kier alpha value is -3.57. The molecule has 0 aliphatic rings. The third-order valence-corrected chi connectivity index (χ3v) is 4.79. The maximum atomic E-state index is 12.5. The highest BCUT2D eigenvalue weighted by Gasteiger charge is 2.22. The fraction of sp³-hybridized carbons (Fsp3) is 0.348. The van der Waals surface area contributed by atoms with Gasteiger partial charge in [-0.2, -0.15) is 5.26 Å². The number of nitriles is 1. The van der Waals surface area contributed by atoms with Gasteiger partial charge >= 0.3 is 5.97 Å². The molecule has 0 bridgehead atoms. The van der Waals surface area contributed by atoms with E-state index in [0.717, 1.165) is 17.0 Å². The number of hydrogen-bond acceptors (Lipinski definition) is 6. The number of carbonyl (C=O) groups excluding carboxylic acids is 2. The molecule has 8 nitrogen and oxygen atoms in total. The average molecular weight is 425 g/mol. The molecule has 8 heteroatoms. The minimum Gasteiger partial charge on any atom is -0.495 e. The number of para-hydroxylation sites is 2. The summed E-state index contributed by atoms with van der Waals surface area (Å²) in [5.41, 5.74) is 2.88. The summed E-state index contributed by atoms with van der Waals surface area (Å²) >= 11 is 0. The standard InChI is InChI=1S/C23H27N3O5/c1-15-12-18(16(2)26(15)10-11-29-4)13-19(14-24)23(28)31-17(3)22(27)25-20-8-6-7-9-21(20)30-5/h6-9,12-13,17H,10-11H2,1-5H3,(H,25,27)/b19-13+. The number of carbonyl (C=O) groups is 2. The number of anilines is 1. The van der Waals surface area contributed by atoms with Gasteiger partial charge in [-0.3, -0.25) is 4.79 Å². The zero-order valence-corrected chi connectivity index (χ0v) is 18.4. The van der Waals surface area contributed by atoms with E-state index in [1.807, 2.05) is 30.6 Å². The molecule has 1 unspecified atom stereocenters. The van der Waals surface area contributed by atoms with Crippen LogP contribution < -0.4 is 10.1 Å². The fourth-order valence-electron chi connectivity index (χ4n) is 3.05. The van der Waals surface area contributed by atoms with Crippen LogP contribution in [0.1, 0.15) is 23.9 Å². The first-order valence-electron chi connectivity index (χ1n) is 9.74. The number of rotatable bonds is 9. The SMILES string of the molecule is COCCn1c(C)cc(/C=C(\C#N)C(=O)OC(C)C(=O)Nc2ccccc2OC)c1C. The lowest BCUT2D eigenvalue weighted by Gasteiger charge is -2.15. The summed E-state index contributed by atoms with van der Waals surface area (Å²) in [7, 11) is 3.12. The zero-order chi connectivity index (χ0) is 23.0. The van der Waals surface area contributed by atoms with Crippen LogP contribution in [0.5, 0.6) is 5.75 Å². The second-order valence-corrected chi connectivity index (χ2v) is 6.88. The van der Waals surface area contributed by atoms with Gasteiger partial charge in [0.25, 0.3) is 5.91 Å². The number of hydrogen-bond donors (Lipinski definition) is 1. The maximum absolute atomic E-state index is 12.5. The van der Waals surface area contributed by atoms with E-state index in [0.29, 0.717) is 24.6 Å². The average Bonchev–Trinajstić information content (AvgIpc) is 3.02. The third kappa shape index (κ3) is 5.96. The largest absolute Gasteiger partial charge is 0.495 e. The van der Waals surface area contributed by atoms with Gasteiger partial charge in [0.2, 0.25) is 0 Å². The van der Waals surface area contributed by atoms with Gasteiger partial charge in [-0.25, -0.2) is 4.79 Å². The van der Waals surface area contributed by atoms with E-state index in [1.165, 1.54) is 20.1 Å². The molecule has 1 heterocycles. The summed E-state index contributed by atoms with van der Waals surface area (Å²) < 4.78 is 17.6. The van der Waals surface area contributed by atoms with Crippen LogP contribution >= 0.6 is 0 Å². The second-order valence-electron chi connectivity index (χ2n) is 6.88. The predicted molar refractivity (Wildman–Crippen MR) is 117 cm³/mol. The van der Waals surface area contributed by atoms with E-state index in [1.54, 1.807) is 31.4 Å². The van der Waals surface area contributed by atoms with Crippen molar-refractivity contribution in [3.05, 3.63) is 52.9 Å². The molecule has 2 rings (SSSR count). The molecule has 0 saturated carbocycles. The Morgan fingerprint density at radius 2 is 1.97 bits per heavy atom. The van der Waals surface area contributed by atoms with Gasteiger partial charge in [0, 0.05) is 25.0 Å². The molecule has 0 saturated heterocycles. The van der Waals surface area contributed by atoms with E-state index in [9.17, 15) is 14.9 Å². The molecule has 164 valence electrons. The first-order chi connectivity index (χ1) is 14.8. The van der Waals surface area contributed by atoms with Crippen LogP contribution in [0.3, 0.4) is 0 Å². The highest BCUT2D eigenvalue weighted by Crippen LogP contribution is 2.23. The Morgan fingerprint density at radius 1 is 1.26 bits per heavy atom. The van der Waals surface area contributed by atoms with Gasteiger partial charge in [-0.05, 0) is 50.6 Å². The van der Waals surface area contributed by atoms with Crippen LogP contribution in [0.15, 0.2) is 35.9 Å². The lowest BCUT2D eigenvalue weighted by atomic mass is 10.1. The van der Waals surface area contributed by atoms with Crippen molar-refractivity contribution >= 4 is 23.6 Å². The summed E-state index contributed by atoms with van der Waals surface area (Å²) in [6, 6.07) is 10.6. The van der Waals surface area contributed by atoms with Gasteiger partial charge in [-0.15, -0.1) is 0 Å². The van der Waals surface area contributed by atoms with E-state index in [-0.39, 0.29) is 5.57 Å². The zero-order valence-electron chi connectivity index (χ0n) is 18.4. The minimum absolute atomic E-state index is 0.191. The van der Waals surface area contributed by atoms with Crippen molar-refractivity contribution in [1.82, 2.24) is 4.57 Å². The normalized spacial score (nSPS) is 12.1. The number of nitrogens with zero attached hydrogens (tertiary/aromatic N) is 2. The molecule has 1 aromatic heterocycles. The third-order valence-electron chi connectivity index (χ3n) is 4.79. The van der Waals surface area contributed by atoms with Crippen molar-refractivity contribution in [3.8, 4) is 11.8 Å². The number of amides is 1. The van der Waals surface area contributed by atoms with Crippen LogP contribution in [0.4, 0.5) is 5.69 Å². The second kappa shape index (κ2) is 11.0. The Bertz CT molecular complexity index is 1020. The van der Waals surface area contributed by atoms with Crippen LogP contribution in [0, 0.1) is 25.2 Å². The molecule has 0 fully saturated rings. The van der Waals surface area contributed by atoms with Crippen molar-refractivity contribution in [3.63, 3.8) is 0 Å². The summed E-state index contributed by atoms with van der Waals surface area (Å²) in [6.45, 7) is 6.49. The number of aryl methyl sites for hydroxylation is 1. The number of methoxy groups -OCH3 is 2. The molecular weight excluding hydrogens is 398 g/mol. The quantitative estimate of drug-likeness (QED) is 0.376. The molecule has 2 aromatic rings. The molecule has 0 radical (unpaired) electrons. The molecule has 1 amide bonds. The topological polar surface area (TPSA) is 103 Å². The van der Waals surface area contributed by atoms with E-state index >= 15 is 0 Å². The van der Waals surface area contributed by atoms with Crippen molar-refractivity contribution in [2.45, 2.75) is 33.4 Å². The Labute approximate surface area is 182 Å². The molecule has 1 atom stereocenters. The lowest BCUT2D eigenvalue weighted by Crippen LogP contribution is -2.30. The van der Waals surface area contributed by atoms with Crippen molar-refractivity contribution in [2.24, 2.45) is 0 Å². The van der Waals surface area contributed by atoms with E-state index in [4.69, 9.17) is 14.2 Å². The lowest BCUT2D eigenvalue weighted by molar-refractivity contribution is -0.148. The molecule has 0 aliphatic heterocycles. The summed E-state index contributed by atoms with van der Waals surface area (Å²) in [6.07, 6.45) is 0.363. The number of ether oxygens (including phenoxy) is 3. The Morgan fingerprint density at radius 3 is 2.61 bits per heavy atom. The molecule has 1 N–H and O–H groups in total. The smallest absolute Gasteiger partial charge is 0.349 e. The highest BCUT2D eigenvalue weighted by molar-refractivity contribution is 6.01. The van der Waals surface area contributed by atoms with Crippen molar-refractivity contribution in [2.75, 3.05) is 26.1 Å². The van der Waals surface area contributed by atoms with Crippen molar-refractivity contribution < 1.29 is 23.8 Å². The molecule has 31 heavy (non-hydrogen) atoms. The van der Waals surface area contributed by atoms with Gasteiger partial charge < -0.3 is 24.1 Å². The number of nitrogens with one attached hydrogen (secondary N) is 1. The molecule has 1 aromatic carbocycles. The number of benzene rings is 1. The maximum Gasteiger partial charge on any atom is 0.349 e. The van der Waals surface area contributed by atoms with Gasteiger partial charge in [0.1, 0.15) is 17.4 Å². The highest BCUT2D eigenvalue weighted by atomic mass is 16.5. The van der Waals surface area contributed by atoms with E-state index in [2.05, 4.69) is 5.32 Å². The fourth-order valence-corrected chi connectivity index (χ4v) is 3.05. The van der Waals surface area contributed by atoms with Crippen LogP contribution in [0.2, 0.25) is 0 Å². The monoisotopic (exact) mass is 425 g/mol. The summed E-state index contributed by atoms with van der Waals surface area (Å²) in [5, 5.41) is 12.1. The molecule has 0 aliphatic carbocycles.